The number of allylic oxidation sites excluding steroid dienone is 1. The summed E-state index contributed by atoms with van der Waals surface area (Å²) in [6, 6.07) is 4.93. The second-order valence-electron chi connectivity index (χ2n) is 11.3. The average Bonchev–Trinajstić information content (AvgIpc) is 3.46. The topological polar surface area (TPSA) is 96.4 Å². The molecule has 3 saturated heterocycles. The van der Waals surface area contributed by atoms with E-state index in [0.717, 1.165) is 29.7 Å². The van der Waals surface area contributed by atoms with E-state index in [0.29, 0.717) is 25.7 Å². The number of amides is 2. The summed E-state index contributed by atoms with van der Waals surface area (Å²) in [5.74, 6) is -2.58. The molecule has 212 valence electrons. The molecule has 5 atom stereocenters. The fraction of sp³-hybridized carbons (Fsp3) is 0.581. The van der Waals surface area contributed by atoms with Gasteiger partial charge in [0.05, 0.1) is 18.1 Å². The van der Waals surface area contributed by atoms with Crippen LogP contribution in [0.25, 0.3) is 0 Å². The zero-order chi connectivity index (χ0) is 28.4. The van der Waals surface area contributed by atoms with Gasteiger partial charge in [0.25, 0.3) is 5.91 Å². The SMILES string of the molecule is C=CCCCCOC(=O)[C@H]1[C@H]2C(=O)N(CCCO)C(C(=O)N(CC=C)c3c(C)cccc3C)C23CC[C@]1(C)O3. The van der Waals surface area contributed by atoms with Crippen LogP contribution in [0.3, 0.4) is 0 Å². The van der Waals surface area contributed by atoms with Gasteiger partial charge in [-0.1, -0.05) is 30.4 Å². The molecule has 3 aliphatic heterocycles. The molecule has 4 rings (SSSR count). The Balaban J connectivity index is 1.72. The average molecular weight is 539 g/mol. The lowest BCUT2D eigenvalue weighted by Gasteiger charge is -2.37. The van der Waals surface area contributed by atoms with Crippen LogP contribution in [0.2, 0.25) is 0 Å². The van der Waals surface area contributed by atoms with Gasteiger partial charge in [0.2, 0.25) is 5.91 Å². The van der Waals surface area contributed by atoms with Gasteiger partial charge in [-0.2, -0.15) is 0 Å². The first-order valence-corrected chi connectivity index (χ1v) is 14.0. The van der Waals surface area contributed by atoms with E-state index in [-0.39, 0.29) is 38.1 Å². The summed E-state index contributed by atoms with van der Waals surface area (Å²) < 4.78 is 12.3. The van der Waals surface area contributed by atoms with Crippen LogP contribution in [0.15, 0.2) is 43.5 Å². The summed E-state index contributed by atoms with van der Waals surface area (Å²) in [6.45, 7) is 14.0. The summed E-state index contributed by atoms with van der Waals surface area (Å²) >= 11 is 0. The van der Waals surface area contributed by atoms with Crippen molar-refractivity contribution in [2.45, 2.75) is 76.5 Å². The van der Waals surface area contributed by atoms with Crippen molar-refractivity contribution < 1.29 is 29.0 Å². The zero-order valence-corrected chi connectivity index (χ0v) is 23.5. The van der Waals surface area contributed by atoms with E-state index in [1.807, 2.05) is 45.0 Å². The van der Waals surface area contributed by atoms with Gasteiger partial charge >= 0.3 is 5.97 Å². The van der Waals surface area contributed by atoms with Crippen LogP contribution < -0.4 is 4.90 Å². The molecule has 0 aromatic heterocycles. The Morgan fingerprint density at radius 3 is 2.54 bits per heavy atom. The summed E-state index contributed by atoms with van der Waals surface area (Å²) in [5, 5.41) is 9.60. The van der Waals surface area contributed by atoms with Gasteiger partial charge in [-0.15, -0.1) is 13.2 Å². The number of fused-ring (bicyclic) bond motifs is 1. The Bertz CT molecular complexity index is 1110. The van der Waals surface area contributed by atoms with E-state index in [9.17, 15) is 19.5 Å². The highest BCUT2D eigenvalue weighted by atomic mass is 16.6. The second-order valence-corrected chi connectivity index (χ2v) is 11.3. The van der Waals surface area contributed by atoms with Crippen LogP contribution in [0.5, 0.6) is 0 Å². The number of rotatable bonds is 13. The third-order valence-corrected chi connectivity index (χ3v) is 8.66. The quantitative estimate of drug-likeness (QED) is 0.233. The van der Waals surface area contributed by atoms with Crippen molar-refractivity contribution in [3.63, 3.8) is 0 Å². The van der Waals surface area contributed by atoms with E-state index < -0.39 is 35.0 Å². The number of benzene rings is 1. The number of aliphatic hydroxyl groups excluding tert-OH is 1. The number of para-hydroxylation sites is 1. The minimum absolute atomic E-state index is 0.121. The number of esters is 1. The third-order valence-electron chi connectivity index (χ3n) is 8.66. The molecule has 0 saturated carbocycles. The fourth-order valence-electron chi connectivity index (χ4n) is 7.00. The van der Waals surface area contributed by atoms with Crippen LogP contribution >= 0.6 is 0 Å². The normalized spacial score (nSPS) is 28.9. The number of hydrogen-bond donors (Lipinski definition) is 1. The van der Waals surface area contributed by atoms with Gasteiger partial charge in [-0.05, 0) is 70.4 Å². The smallest absolute Gasteiger partial charge is 0.312 e. The summed E-state index contributed by atoms with van der Waals surface area (Å²) in [6.07, 6.45) is 7.29. The number of hydrogen-bond acceptors (Lipinski definition) is 6. The molecule has 0 radical (unpaired) electrons. The van der Waals surface area contributed by atoms with Crippen LogP contribution in [-0.2, 0) is 23.9 Å². The third kappa shape index (κ3) is 4.93. The maximum Gasteiger partial charge on any atom is 0.312 e. The van der Waals surface area contributed by atoms with E-state index in [1.54, 1.807) is 15.9 Å². The number of likely N-dealkylation sites (tertiary alicyclic amines) is 1. The first kappa shape index (κ1) is 29.0. The highest BCUT2D eigenvalue weighted by Crippen LogP contribution is 2.63. The van der Waals surface area contributed by atoms with Crippen molar-refractivity contribution >= 4 is 23.5 Å². The van der Waals surface area contributed by atoms with Gasteiger partial charge in [0.1, 0.15) is 17.6 Å². The minimum atomic E-state index is -1.14. The minimum Gasteiger partial charge on any atom is -0.465 e. The standard InChI is InChI=1S/C31H42N2O6/c1-6-8-9-10-20-38-29(37)24-23-27(35)33(18-12-19-34)26(31(23)16-15-30(24,5)39-31)28(36)32(17-7-2)25-21(3)13-11-14-22(25)4/h6-7,11,13-14,23-24,26,34H,1-2,8-10,12,15-20H2,3-5H3/t23-,24+,26?,30-,31?/m0/s1. The second kappa shape index (κ2) is 11.6. The molecule has 1 N–H and O–H groups in total. The van der Waals surface area contributed by atoms with Crippen molar-refractivity contribution in [3.05, 3.63) is 54.6 Å². The lowest BCUT2D eigenvalue weighted by Crippen LogP contribution is -2.56. The van der Waals surface area contributed by atoms with Gasteiger partial charge in [0.15, 0.2) is 0 Å². The van der Waals surface area contributed by atoms with Crippen molar-refractivity contribution in [2.75, 3.05) is 31.2 Å². The molecule has 0 aliphatic carbocycles. The molecule has 1 spiro atoms. The number of nitrogens with zero attached hydrogens (tertiary/aromatic N) is 2. The molecular weight excluding hydrogens is 496 g/mol. The largest absolute Gasteiger partial charge is 0.465 e. The Kier molecular flexibility index (Phi) is 8.66. The number of carbonyl (C=O) groups excluding carboxylic acids is 3. The van der Waals surface area contributed by atoms with Crippen molar-refractivity contribution in [2.24, 2.45) is 11.8 Å². The summed E-state index contributed by atoms with van der Waals surface area (Å²) in [5.41, 5.74) is 0.633. The van der Waals surface area contributed by atoms with Crippen molar-refractivity contribution in [1.29, 1.82) is 0 Å². The lowest BCUT2D eigenvalue weighted by atomic mass is 9.66. The van der Waals surface area contributed by atoms with Crippen LogP contribution in [0, 0.1) is 25.7 Å². The van der Waals surface area contributed by atoms with Crippen LogP contribution in [0.1, 0.15) is 56.6 Å². The maximum atomic E-state index is 14.6. The van der Waals surface area contributed by atoms with Gasteiger partial charge in [0, 0.05) is 25.4 Å². The fourth-order valence-corrected chi connectivity index (χ4v) is 7.00. The number of unbranched alkanes of at least 4 members (excludes halogenated alkanes) is 2. The highest BCUT2D eigenvalue weighted by molar-refractivity contribution is 6.05. The maximum absolute atomic E-state index is 14.6. The molecule has 8 heteroatoms. The molecule has 8 nitrogen and oxygen atoms in total. The molecule has 2 amide bonds. The Morgan fingerprint density at radius 2 is 1.90 bits per heavy atom. The predicted molar refractivity (Wildman–Crippen MR) is 149 cm³/mol. The number of carbonyl (C=O) groups is 3. The van der Waals surface area contributed by atoms with Gasteiger partial charge in [-0.3, -0.25) is 14.4 Å². The van der Waals surface area contributed by atoms with Gasteiger partial charge < -0.3 is 24.4 Å². The molecule has 1 aromatic rings. The number of anilines is 1. The molecule has 3 heterocycles. The monoisotopic (exact) mass is 538 g/mol. The van der Waals surface area contributed by atoms with E-state index >= 15 is 0 Å². The number of ether oxygens (including phenoxy) is 2. The molecular formula is C31H42N2O6. The first-order chi connectivity index (χ1) is 18.7. The Labute approximate surface area is 231 Å². The van der Waals surface area contributed by atoms with Crippen molar-refractivity contribution in [1.82, 2.24) is 4.90 Å². The zero-order valence-electron chi connectivity index (χ0n) is 23.5. The number of aliphatic hydroxyl groups is 1. The molecule has 2 bridgehead atoms. The molecule has 3 aliphatic rings. The molecule has 39 heavy (non-hydrogen) atoms. The van der Waals surface area contributed by atoms with E-state index in [4.69, 9.17) is 9.47 Å². The molecule has 1 aromatic carbocycles. The number of aryl methyl sites for hydroxylation is 2. The van der Waals surface area contributed by atoms with Crippen LogP contribution in [0.4, 0.5) is 5.69 Å². The van der Waals surface area contributed by atoms with Crippen LogP contribution in [-0.4, -0.2) is 71.3 Å². The molecule has 2 unspecified atom stereocenters. The van der Waals surface area contributed by atoms with Crippen molar-refractivity contribution in [3.8, 4) is 0 Å². The van der Waals surface area contributed by atoms with E-state index in [1.165, 1.54) is 0 Å². The predicted octanol–water partition coefficient (Wildman–Crippen LogP) is 3.87. The molecule has 3 fully saturated rings. The van der Waals surface area contributed by atoms with Gasteiger partial charge in [-0.25, -0.2) is 0 Å². The highest BCUT2D eigenvalue weighted by Gasteiger charge is 2.78. The summed E-state index contributed by atoms with van der Waals surface area (Å²) in [4.78, 5) is 45.3. The first-order valence-electron chi connectivity index (χ1n) is 14.0. The summed E-state index contributed by atoms with van der Waals surface area (Å²) in [7, 11) is 0. The Morgan fingerprint density at radius 1 is 1.18 bits per heavy atom. The van der Waals surface area contributed by atoms with E-state index in [2.05, 4.69) is 13.2 Å². The Hall–Kier alpha value is -2.97. The lowest BCUT2D eigenvalue weighted by molar-refractivity contribution is -0.159.